The molecular weight excluding hydrogens is 302 g/mol. The molecule has 6 heteroatoms. The number of rotatable bonds is 2. The van der Waals surface area contributed by atoms with Crippen molar-refractivity contribution in [1.29, 1.82) is 0 Å². The molecule has 2 heterocycles. The molecule has 0 saturated carbocycles. The van der Waals surface area contributed by atoms with Gasteiger partial charge < -0.3 is 15.6 Å². The number of benzene rings is 1. The van der Waals surface area contributed by atoms with Gasteiger partial charge in [0.05, 0.1) is 10.7 Å². The molecule has 3 N–H and O–H groups in total. The van der Waals surface area contributed by atoms with Crippen molar-refractivity contribution in [3.05, 3.63) is 39.8 Å². The predicted molar refractivity (Wildman–Crippen MR) is 88.3 cm³/mol. The maximum absolute atomic E-state index is 12.5. The summed E-state index contributed by atoms with van der Waals surface area (Å²) in [6.07, 6.45) is 2.40. The van der Waals surface area contributed by atoms with Crippen molar-refractivity contribution in [2.75, 3.05) is 18.4 Å². The van der Waals surface area contributed by atoms with Crippen LogP contribution in [-0.2, 0) is 4.79 Å². The summed E-state index contributed by atoms with van der Waals surface area (Å²) in [6.45, 7) is 3.76. The topological polar surface area (TPSA) is 74.0 Å². The molecular formula is C16H18ClN3O2. The quantitative estimate of drug-likeness (QED) is 0.795. The molecule has 1 aromatic carbocycles. The van der Waals surface area contributed by atoms with Crippen LogP contribution in [0.4, 0.5) is 5.69 Å². The van der Waals surface area contributed by atoms with Gasteiger partial charge in [0.25, 0.3) is 5.56 Å². The Bertz CT molecular complexity index is 772. The fraction of sp³-hybridized carbons (Fsp3) is 0.375. The fourth-order valence-corrected chi connectivity index (χ4v) is 3.15. The van der Waals surface area contributed by atoms with E-state index >= 15 is 0 Å². The molecule has 0 bridgehead atoms. The smallest absolute Gasteiger partial charge is 0.255 e. The van der Waals surface area contributed by atoms with Crippen LogP contribution in [0.2, 0.25) is 5.02 Å². The first-order valence-corrected chi connectivity index (χ1v) is 7.76. The Kier molecular flexibility index (Phi) is 4.18. The molecule has 116 valence electrons. The minimum atomic E-state index is -0.191. The number of amides is 1. The number of nitrogens with one attached hydrogen (secondary N) is 3. The second-order valence-electron chi connectivity index (χ2n) is 5.79. The van der Waals surface area contributed by atoms with Crippen LogP contribution in [-0.4, -0.2) is 24.0 Å². The highest BCUT2D eigenvalue weighted by molar-refractivity contribution is 6.34. The van der Waals surface area contributed by atoms with E-state index in [4.69, 9.17) is 11.6 Å². The van der Waals surface area contributed by atoms with Gasteiger partial charge in [-0.3, -0.25) is 9.59 Å². The van der Waals surface area contributed by atoms with Gasteiger partial charge in [0, 0.05) is 17.5 Å². The Morgan fingerprint density at radius 3 is 3.00 bits per heavy atom. The number of piperidine rings is 1. The van der Waals surface area contributed by atoms with Crippen LogP contribution in [0.3, 0.4) is 0 Å². The lowest BCUT2D eigenvalue weighted by Crippen LogP contribution is -2.40. The third-order valence-electron chi connectivity index (χ3n) is 4.24. The lowest BCUT2D eigenvalue weighted by atomic mass is 9.87. The highest BCUT2D eigenvalue weighted by atomic mass is 35.5. The van der Waals surface area contributed by atoms with Crippen molar-refractivity contribution in [3.63, 3.8) is 0 Å². The lowest BCUT2D eigenvalue weighted by Gasteiger charge is -2.28. The van der Waals surface area contributed by atoms with Gasteiger partial charge in [0.15, 0.2) is 0 Å². The van der Waals surface area contributed by atoms with Gasteiger partial charge in [-0.2, -0.15) is 0 Å². The SMILES string of the molecule is C[C@H]1CNCC[C@@H]1C(=O)Nc1cc2cc[nH]c(=O)c2cc1Cl. The first-order valence-electron chi connectivity index (χ1n) is 7.39. The van der Waals surface area contributed by atoms with Crippen LogP contribution in [0.1, 0.15) is 13.3 Å². The third-order valence-corrected chi connectivity index (χ3v) is 4.55. The molecule has 2 atom stereocenters. The molecule has 0 aliphatic carbocycles. The Hall–Kier alpha value is -1.85. The number of H-pyrrole nitrogens is 1. The average molecular weight is 320 g/mol. The second kappa shape index (κ2) is 6.10. The normalized spacial score (nSPS) is 21.7. The van der Waals surface area contributed by atoms with E-state index in [9.17, 15) is 9.59 Å². The van der Waals surface area contributed by atoms with Crippen LogP contribution >= 0.6 is 11.6 Å². The van der Waals surface area contributed by atoms with Gasteiger partial charge >= 0.3 is 0 Å². The summed E-state index contributed by atoms with van der Waals surface area (Å²) in [4.78, 5) is 26.8. The molecule has 0 radical (unpaired) electrons. The Morgan fingerprint density at radius 2 is 2.23 bits per heavy atom. The molecule has 3 rings (SSSR count). The van der Waals surface area contributed by atoms with Gasteiger partial charge in [-0.25, -0.2) is 0 Å². The van der Waals surface area contributed by atoms with Crippen molar-refractivity contribution < 1.29 is 4.79 Å². The Labute approximate surface area is 133 Å². The molecule has 1 aliphatic heterocycles. The number of carbonyl (C=O) groups excluding carboxylic acids is 1. The Morgan fingerprint density at radius 1 is 1.41 bits per heavy atom. The number of fused-ring (bicyclic) bond motifs is 1. The van der Waals surface area contributed by atoms with E-state index in [1.807, 2.05) is 0 Å². The molecule has 2 aromatic rings. The minimum absolute atomic E-state index is 0.0138. The predicted octanol–water partition coefficient (Wildman–Crippen LogP) is 2.37. The van der Waals surface area contributed by atoms with Crippen LogP contribution in [0.25, 0.3) is 10.8 Å². The van der Waals surface area contributed by atoms with Gasteiger partial charge in [-0.1, -0.05) is 18.5 Å². The highest BCUT2D eigenvalue weighted by Crippen LogP contribution is 2.28. The number of hydrogen-bond acceptors (Lipinski definition) is 3. The number of aromatic amines is 1. The fourth-order valence-electron chi connectivity index (χ4n) is 2.93. The van der Waals surface area contributed by atoms with Crippen molar-refractivity contribution in [2.24, 2.45) is 11.8 Å². The molecule has 1 saturated heterocycles. The minimum Gasteiger partial charge on any atom is -0.329 e. The summed E-state index contributed by atoms with van der Waals surface area (Å²) in [5.41, 5.74) is 0.361. The summed E-state index contributed by atoms with van der Waals surface area (Å²) in [5, 5.41) is 7.83. The maximum Gasteiger partial charge on any atom is 0.255 e. The lowest BCUT2D eigenvalue weighted by molar-refractivity contribution is -0.122. The van der Waals surface area contributed by atoms with Crippen molar-refractivity contribution in [2.45, 2.75) is 13.3 Å². The average Bonchev–Trinajstić information content (AvgIpc) is 2.49. The number of aromatic nitrogens is 1. The molecule has 0 unspecified atom stereocenters. The zero-order valence-corrected chi connectivity index (χ0v) is 13.0. The van der Waals surface area contributed by atoms with Gasteiger partial charge in [0.1, 0.15) is 0 Å². The standard InChI is InChI=1S/C16H18ClN3O2/c1-9-8-18-4-3-11(9)16(22)20-14-6-10-2-5-19-15(21)12(10)7-13(14)17/h2,5-7,9,11,18H,3-4,8H2,1H3,(H,19,21)(H,20,22)/t9-,11-/m0/s1. The van der Waals surface area contributed by atoms with Crippen LogP contribution in [0.15, 0.2) is 29.2 Å². The molecule has 1 aliphatic rings. The molecule has 22 heavy (non-hydrogen) atoms. The highest BCUT2D eigenvalue weighted by Gasteiger charge is 2.28. The zero-order chi connectivity index (χ0) is 15.7. The van der Waals surface area contributed by atoms with Crippen LogP contribution < -0.4 is 16.2 Å². The van der Waals surface area contributed by atoms with Crippen LogP contribution in [0, 0.1) is 11.8 Å². The van der Waals surface area contributed by atoms with E-state index in [1.165, 1.54) is 0 Å². The van der Waals surface area contributed by atoms with E-state index in [-0.39, 0.29) is 23.3 Å². The largest absolute Gasteiger partial charge is 0.329 e. The first-order chi connectivity index (χ1) is 10.6. The first kappa shape index (κ1) is 15.1. The monoisotopic (exact) mass is 319 g/mol. The van der Waals surface area contributed by atoms with Crippen molar-refractivity contribution in [3.8, 4) is 0 Å². The second-order valence-corrected chi connectivity index (χ2v) is 6.20. The van der Waals surface area contributed by atoms with Gasteiger partial charge in [-0.15, -0.1) is 0 Å². The number of hydrogen-bond donors (Lipinski definition) is 3. The van der Waals surface area contributed by atoms with E-state index in [0.717, 1.165) is 24.9 Å². The van der Waals surface area contributed by atoms with Gasteiger partial charge in [0.2, 0.25) is 5.91 Å². The molecule has 5 nitrogen and oxygen atoms in total. The van der Waals surface area contributed by atoms with E-state index in [2.05, 4.69) is 22.5 Å². The zero-order valence-electron chi connectivity index (χ0n) is 12.3. The summed E-state index contributed by atoms with van der Waals surface area (Å²) < 4.78 is 0. The molecule has 0 spiro atoms. The Balaban J connectivity index is 1.88. The van der Waals surface area contributed by atoms with E-state index < -0.39 is 0 Å². The van der Waals surface area contributed by atoms with Crippen LogP contribution in [0.5, 0.6) is 0 Å². The summed E-state index contributed by atoms with van der Waals surface area (Å²) in [6, 6.07) is 5.13. The third kappa shape index (κ3) is 2.87. The number of pyridine rings is 1. The number of halogens is 1. The molecule has 1 aromatic heterocycles. The van der Waals surface area contributed by atoms with E-state index in [1.54, 1.807) is 24.4 Å². The van der Waals surface area contributed by atoms with Crippen molar-refractivity contribution in [1.82, 2.24) is 10.3 Å². The number of carbonyl (C=O) groups is 1. The summed E-state index contributed by atoms with van der Waals surface area (Å²) in [7, 11) is 0. The maximum atomic E-state index is 12.5. The molecule has 1 fully saturated rings. The summed E-state index contributed by atoms with van der Waals surface area (Å²) in [5.74, 6) is 0.253. The number of anilines is 1. The van der Waals surface area contributed by atoms with E-state index in [0.29, 0.717) is 16.1 Å². The summed E-state index contributed by atoms with van der Waals surface area (Å²) >= 11 is 6.21. The van der Waals surface area contributed by atoms with Crippen molar-refractivity contribution >= 4 is 34.0 Å². The van der Waals surface area contributed by atoms with Gasteiger partial charge in [-0.05, 0) is 49.0 Å². The molecule has 1 amide bonds.